The van der Waals surface area contributed by atoms with Crippen LogP contribution in [0.1, 0.15) is 22.2 Å². The number of carboxylic acids is 1. The van der Waals surface area contributed by atoms with Crippen LogP contribution >= 0.6 is 11.3 Å². The molecule has 114 valence electrons. The van der Waals surface area contributed by atoms with Crippen molar-refractivity contribution in [2.45, 2.75) is 19.1 Å². The number of carbonyl (C=O) groups is 1. The summed E-state index contributed by atoms with van der Waals surface area (Å²) in [6.45, 7) is 1.18. The van der Waals surface area contributed by atoms with Gasteiger partial charge < -0.3 is 20.6 Å². The van der Waals surface area contributed by atoms with Gasteiger partial charge in [0.15, 0.2) is 0 Å². The van der Waals surface area contributed by atoms with E-state index in [0.29, 0.717) is 10.3 Å². The number of carboxylic acid groups (broad SMARTS) is 1. The number of halogens is 1. The summed E-state index contributed by atoms with van der Waals surface area (Å²) < 4.78 is 14.5. The average Bonchev–Trinajstić information content (AvgIpc) is 2.79. The largest absolute Gasteiger partial charge is 0.477 e. The van der Waals surface area contributed by atoms with Gasteiger partial charge in [-0.2, -0.15) is 0 Å². The van der Waals surface area contributed by atoms with Crippen molar-refractivity contribution < 1.29 is 24.5 Å². The molecule has 5 nitrogen and oxygen atoms in total. The van der Waals surface area contributed by atoms with Gasteiger partial charge in [-0.05, 0) is 19.1 Å². The second-order valence-corrected chi connectivity index (χ2v) is 6.14. The average molecular weight is 313 g/mol. The lowest BCUT2D eigenvalue weighted by atomic mass is 10.1. The second-order valence-electron chi connectivity index (χ2n) is 5.09. The highest BCUT2D eigenvalue weighted by molar-refractivity contribution is 7.21. The van der Waals surface area contributed by atoms with Gasteiger partial charge >= 0.3 is 5.97 Å². The third kappa shape index (κ3) is 3.38. The standard InChI is InChI=1S/C14H16FNO4S/c1-14(20,7-17)6-16-5-8-11-9(15)3-2-4-10(11)21-12(8)13(18)19/h2-4,16-17,20H,5-7H2,1H3,(H,18,19). The monoisotopic (exact) mass is 313 g/mol. The van der Waals surface area contributed by atoms with Gasteiger partial charge in [0.1, 0.15) is 10.7 Å². The van der Waals surface area contributed by atoms with Crippen LogP contribution in [0.3, 0.4) is 0 Å². The number of hydrogen-bond donors (Lipinski definition) is 4. The first-order chi connectivity index (χ1) is 9.85. The number of fused-ring (bicyclic) bond motifs is 1. The van der Waals surface area contributed by atoms with Crippen molar-refractivity contribution in [3.63, 3.8) is 0 Å². The Morgan fingerprint density at radius 3 is 2.81 bits per heavy atom. The van der Waals surface area contributed by atoms with E-state index in [9.17, 15) is 19.4 Å². The molecule has 0 bridgehead atoms. The predicted octanol–water partition coefficient (Wildman–Crippen LogP) is 1.57. The molecule has 2 rings (SSSR count). The number of benzene rings is 1. The molecule has 1 aromatic heterocycles. The van der Waals surface area contributed by atoms with Crippen molar-refractivity contribution in [2.75, 3.05) is 13.2 Å². The van der Waals surface area contributed by atoms with E-state index in [1.165, 1.54) is 19.1 Å². The highest BCUT2D eigenvalue weighted by atomic mass is 32.1. The fourth-order valence-electron chi connectivity index (χ4n) is 2.02. The molecule has 0 radical (unpaired) electrons. The van der Waals surface area contributed by atoms with Crippen LogP contribution in [0.5, 0.6) is 0 Å². The molecule has 1 heterocycles. The van der Waals surface area contributed by atoms with Gasteiger partial charge in [-0.3, -0.25) is 0 Å². The molecule has 0 amide bonds. The molecule has 21 heavy (non-hydrogen) atoms. The zero-order chi connectivity index (χ0) is 15.6. The van der Waals surface area contributed by atoms with E-state index >= 15 is 0 Å². The van der Waals surface area contributed by atoms with Crippen LogP contribution < -0.4 is 5.32 Å². The lowest BCUT2D eigenvalue weighted by molar-refractivity contribution is 0.00255. The molecule has 0 fully saturated rings. The Hall–Kier alpha value is -1.54. The minimum absolute atomic E-state index is 0.0638. The molecule has 0 spiro atoms. The van der Waals surface area contributed by atoms with E-state index < -0.39 is 24.0 Å². The van der Waals surface area contributed by atoms with E-state index in [1.807, 2.05) is 0 Å². The Balaban J connectivity index is 2.33. The zero-order valence-corrected chi connectivity index (χ0v) is 12.2. The summed E-state index contributed by atoms with van der Waals surface area (Å²) in [6, 6.07) is 4.49. The lowest BCUT2D eigenvalue weighted by Gasteiger charge is -2.20. The first-order valence-corrected chi connectivity index (χ1v) is 7.14. The van der Waals surface area contributed by atoms with Crippen LogP contribution in [0.15, 0.2) is 18.2 Å². The Labute approximate surface area is 124 Å². The molecule has 2 aromatic rings. The Morgan fingerprint density at radius 2 is 2.19 bits per heavy atom. The van der Waals surface area contributed by atoms with Crippen molar-refractivity contribution in [1.29, 1.82) is 0 Å². The van der Waals surface area contributed by atoms with Crippen molar-refractivity contribution in [1.82, 2.24) is 5.32 Å². The van der Waals surface area contributed by atoms with Gasteiger partial charge in [0.25, 0.3) is 0 Å². The summed E-state index contributed by atoms with van der Waals surface area (Å²) in [4.78, 5) is 11.4. The fraction of sp³-hybridized carbons (Fsp3) is 0.357. The van der Waals surface area contributed by atoms with Crippen LogP contribution in [-0.2, 0) is 6.54 Å². The fourth-order valence-corrected chi connectivity index (χ4v) is 3.10. The third-order valence-electron chi connectivity index (χ3n) is 3.11. The first kappa shape index (κ1) is 15.8. The molecule has 0 aliphatic heterocycles. The molecular weight excluding hydrogens is 297 g/mol. The van der Waals surface area contributed by atoms with Gasteiger partial charge in [0, 0.05) is 28.7 Å². The van der Waals surface area contributed by atoms with Gasteiger partial charge in [0.05, 0.1) is 12.2 Å². The maximum Gasteiger partial charge on any atom is 0.346 e. The minimum Gasteiger partial charge on any atom is -0.477 e. The molecule has 0 saturated heterocycles. The van der Waals surface area contributed by atoms with Gasteiger partial charge in [-0.1, -0.05) is 6.07 Å². The predicted molar refractivity (Wildman–Crippen MR) is 78.2 cm³/mol. The number of thiophene rings is 1. The summed E-state index contributed by atoms with van der Waals surface area (Å²) in [7, 11) is 0. The second kappa shape index (κ2) is 6.07. The number of hydrogen-bond acceptors (Lipinski definition) is 5. The summed E-state index contributed by atoms with van der Waals surface area (Å²) in [5.41, 5.74) is -0.956. The highest BCUT2D eigenvalue weighted by Gasteiger charge is 2.22. The SMILES string of the molecule is CC(O)(CO)CNCc1c(C(=O)O)sc2cccc(F)c12. The number of nitrogens with one attached hydrogen (secondary N) is 1. The number of aliphatic hydroxyl groups is 2. The van der Waals surface area contributed by atoms with Crippen LogP contribution in [0.25, 0.3) is 10.1 Å². The first-order valence-electron chi connectivity index (χ1n) is 6.33. The molecule has 1 atom stereocenters. The van der Waals surface area contributed by atoms with E-state index in [-0.39, 0.29) is 23.4 Å². The molecule has 1 unspecified atom stereocenters. The third-order valence-corrected chi connectivity index (χ3v) is 4.29. The van der Waals surface area contributed by atoms with Gasteiger partial charge in [-0.15, -0.1) is 11.3 Å². The summed E-state index contributed by atoms with van der Waals surface area (Å²) in [5, 5.41) is 31.0. The van der Waals surface area contributed by atoms with Crippen molar-refractivity contribution in [3.8, 4) is 0 Å². The van der Waals surface area contributed by atoms with Crippen molar-refractivity contribution in [3.05, 3.63) is 34.5 Å². The Kier molecular flexibility index (Phi) is 4.58. The van der Waals surface area contributed by atoms with Gasteiger partial charge in [-0.25, -0.2) is 9.18 Å². The van der Waals surface area contributed by atoms with Gasteiger partial charge in [0.2, 0.25) is 0 Å². The van der Waals surface area contributed by atoms with E-state index in [0.717, 1.165) is 11.3 Å². The van der Waals surface area contributed by atoms with Crippen molar-refractivity contribution >= 4 is 27.4 Å². The maximum absolute atomic E-state index is 13.9. The highest BCUT2D eigenvalue weighted by Crippen LogP contribution is 2.33. The summed E-state index contributed by atoms with van der Waals surface area (Å²) in [6.07, 6.45) is 0. The molecule has 1 aromatic carbocycles. The molecule has 7 heteroatoms. The van der Waals surface area contributed by atoms with Crippen molar-refractivity contribution in [2.24, 2.45) is 0 Å². The quantitative estimate of drug-likeness (QED) is 0.650. The van der Waals surface area contributed by atoms with Crippen LogP contribution in [0, 0.1) is 5.82 Å². The summed E-state index contributed by atoms with van der Waals surface area (Å²) in [5.74, 6) is -1.58. The topological polar surface area (TPSA) is 89.8 Å². The van der Waals surface area contributed by atoms with E-state index in [4.69, 9.17) is 5.11 Å². The minimum atomic E-state index is -1.31. The molecule has 0 saturated carbocycles. The van der Waals surface area contributed by atoms with Crippen LogP contribution in [-0.4, -0.2) is 40.0 Å². The van der Waals surface area contributed by atoms with E-state index in [1.54, 1.807) is 6.07 Å². The smallest absolute Gasteiger partial charge is 0.346 e. The molecule has 0 aliphatic carbocycles. The Morgan fingerprint density at radius 1 is 1.48 bits per heavy atom. The zero-order valence-electron chi connectivity index (χ0n) is 11.4. The Bertz CT molecular complexity index is 668. The molecule has 4 N–H and O–H groups in total. The van der Waals surface area contributed by atoms with Crippen LogP contribution in [0.4, 0.5) is 4.39 Å². The maximum atomic E-state index is 13.9. The number of rotatable bonds is 6. The molecular formula is C14H16FNO4S. The summed E-state index contributed by atoms with van der Waals surface area (Å²) >= 11 is 1.02. The van der Waals surface area contributed by atoms with E-state index in [2.05, 4.69) is 5.32 Å². The van der Waals surface area contributed by atoms with Crippen LogP contribution in [0.2, 0.25) is 0 Å². The lowest BCUT2D eigenvalue weighted by Crippen LogP contribution is -2.40. The molecule has 0 aliphatic rings. The normalized spacial score (nSPS) is 14.3. The number of aliphatic hydroxyl groups excluding tert-OH is 1. The number of aromatic carboxylic acids is 1.